The lowest BCUT2D eigenvalue weighted by atomic mass is 9.78. The van der Waals surface area contributed by atoms with Crippen LogP contribution in [0, 0.1) is 0 Å². The highest BCUT2D eigenvalue weighted by molar-refractivity contribution is 5.93. The fourth-order valence-electron chi connectivity index (χ4n) is 2.95. The molecule has 0 aromatic carbocycles. The monoisotopic (exact) mass is 249 g/mol. The first kappa shape index (κ1) is 13.3. The van der Waals surface area contributed by atoms with Crippen LogP contribution in [0.3, 0.4) is 0 Å². The number of aryl methyl sites for hydroxylation is 1. The van der Waals surface area contributed by atoms with Crippen molar-refractivity contribution < 1.29 is 4.79 Å². The first-order valence-corrected chi connectivity index (χ1v) is 6.94. The van der Waals surface area contributed by atoms with Crippen molar-refractivity contribution in [2.45, 2.75) is 57.5 Å². The molecule has 100 valence electrons. The molecule has 1 fully saturated rings. The molecule has 1 aliphatic carbocycles. The third-order valence-electron chi connectivity index (χ3n) is 4.15. The summed E-state index contributed by atoms with van der Waals surface area (Å²) in [4.78, 5) is 16.6. The second-order valence-electron chi connectivity index (χ2n) is 5.23. The van der Waals surface area contributed by atoms with E-state index in [-0.39, 0.29) is 11.3 Å². The normalized spacial score (nSPS) is 18.8. The van der Waals surface area contributed by atoms with Gasteiger partial charge >= 0.3 is 0 Å². The van der Waals surface area contributed by atoms with Gasteiger partial charge in [-0.05, 0) is 26.8 Å². The molecule has 0 atom stereocenters. The maximum Gasteiger partial charge on any atom is 0.200 e. The molecule has 2 rings (SSSR count). The fraction of sp³-hybridized carbons (Fsp3) is 0.714. The molecule has 18 heavy (non-hydrogen) atoms. The van der Waals surface area contributed by atoms with Gasteiger partial charge in [-0.15, -0.1) is 0 Å². The van der Waals surface area contributed by atoms with Gasteiger partial charge in [0.05, 0.1) is 0 Å². The van der Waals surface area contributed by atoms with Crippen molar-refractivity contribution in [3.05, 3.63) is 18.2 Å². The highest BCUT2D eigenvalue weighted by atomic mass is 16.1. The van der Waals surface area contributed by atoms with Gasteiger partial charge in [0.1, 0.15) is 0 Å². The van der Waals surface area contributed by atoms with E-state index in [0.717, 1.165) is 19.4 Å². The van der Waals surface area contributed by atoms with E-state index in [1.165, 1.54) is 19.3 Å². The van der Waals surface area contributed by atoms with E-state index >= 15 is 0 Å². The third-order valence-corrected chi connectivity index (χ3v) is 4.15. The smallest absolute Gasteiger partial charge is 0.200 e. The summed E-state index contributed by atoms with van der Waals surface area (Å²) in [5, 5.41) is 3.39. The highest BCUT2D eigenvalue weighted by Gasteiger charge is 2.33. The second-order valence-corrected chi connectivity index (χ2v) is 5.23. The van der Waals surface area contributed by atoms with E-state index < -0.39 is 0 Å². The molecule has 1 saturated carbocycles. The molecule has 1 heterocycles. The van der Waals surface area contributed by atoms with Crippen molar-refractivity contribution in [2.24, 2.45) is 0 Å². The molecule has 1 aliphatic rings. The summed E-state index contributed by atoms with van der Waals surface area (Å²) in [5.74, 6) is 0.774. The quantitative estimate of drug-likeness (QED) is 0.815. The number of carbonyl (C=O) groups excluding carboxylic acids is 1. The summed E-state index contributed by atoms with van der Waals surface area (Å²) in [6, 6.07) is 0. The molecule has 1 aromatic heterocycles. The highest BCUT2D eigenvalue weighted by Crippen LogP contribution is 2.31. The lowest BCUT2D eigenvalue weighted by Gasteiger charge is -2.36. The Hall–Kier alpha value is -1.16. The summed E-state index contributed by atoms with van der Waals surface area (Å²) in [5.41, 5.74) is -0.000144. The molecule has 0 saturated heterocycles. The number of nitrogens with one attached hydrogen (secondary N) is 1. The van der Waals surface area contributed by atoms with E-state index in [1.807, 2.05) is 24.7 Å². The van der Waals surface area contributed by atoms with Gasteiger partial charge in [0.2, 0.25) is 0 Å². The van der Waals surface area contributed by atoms with Crippen LogP contribution in [0.15, 0.2) is 12.4 Å². The van der Waals surface area contributed by atoms with Crippen molar-refractivity contribution in [1.82, 2.24) is 14.9 Å². The van der Waals surface area contributed by atoms with E-state index in [9.17, 15) is 4.79 Å². The lowest BCUT2D eigenvalue weighted by molar-refractivity contribution is 0.0900. The SMILES string of the molecule is CCn1ccnc1C(=O)CC1(NC)CCCCC1. The molecular weight excluding hydrogens is 226 g/mol. The molecule has 0 aliphatic heterocycles. The Morgan fingerprint density at radius 3 is 2.78 bits per heavy atom. The standard InChI is InChI=1S/C14H23N3O/c1-3-17-10-9-16-13(17)12(18)11-14(15-2)7-5-4-6-8-14/h9-10,15H,3-8,11H2,1-2H3. The summed E-state index contributed by atoms with van der Waals surface area (Å²) < 4.78 is 1.93. The zero-order valence-corrected chi connectivity index (χ0v) is 11.4. The first-order chi connectivity index (χ1) is 8.71. The van der Waals surface area contributed by atoms with Crippen LogP contribution in [0.25, 0.3) is 0 Å². The Labute approximate surface area is 109 Å². The average Bonchev–Trinajstić information content (AvgIpc) is 2.88. The number of nitrogens with zero attached hydrogens (tertiary/aromatic N) is 2. The van der Waals surface area contributed by atoms with Gasteiger partial charge in [-0.1, -0.05) is 19.3 Å². The van der Waals surface area contributed by atoms with Gasteiger partial charge in [-0.25, -0.2) is 4.98 Å². The molecule has 0 amide bonds. The van der Waals surface area contributed by atoms with E-state index in [2.05, 4.69) is 10.3 Å². The van der Waals surface area contributed by atoms with Crippen LogP contribution in [0.4, 0.5) is 0 Å². The molecule has 4 heteroatoms. The minimum Gasteiger partial charge on any atom is -0.329 e. The Morgan fingerprint density at radius 2 is 2.17 bits per heavy atom. The summed E-state index contributed by atoms with van der Waals surface area (Å²) in [6.07, 6.45) is 10.1. The Balaban J connectivity index is 2.10. The molecule has 1 aromatic rings. The molecule has 0 radical (unpaired) electrons. The Morgan fingerprint density at radius 1 is 1.44 bits per heavy atom. The zero-order valence-electron chi connectivity index (χ0n) is 11.4. The van der Waals surface area contributed by atoms with Crippen LogP contribution in [-0.2, 0) is 6.54 Å². The first-order valence-electron chi connectivity index (χ1n) is 6.94. The van der Waals surface area contributed by atoms with Gasteiger partial charge in [-0.3, -0.25) is 4.79 Å². The number of carbonyl (C=O) groups is 1. The Kier molecular flexibility index (Phi) is 4.17. The van der Waals surface area contributed by atoms with Crippen LogP contribution in [-0.4, -0.2) is 27.9 Å². The summed E-state index contributed by atoms with van der Waals surface area (Å²) in [6.45, 7) is 2.83. The van der Waals surface area contributed by atoms with Gasteiger partial charge in [0.25, 0.3) is 0 Å². The lowest BCUT2D eigenvalue weighted by Crippen LogP contribution is -2.46. The van der Waals surface area contributed by atoms with Crippen LogP contribution in [0.5, 0.6) is 0 Å². The van der Waals surface area contributed by atoms with Crippen LogP contribution >= 0.6 is 0 Å². The van der Waals surface area contributed by atoms with E-state index in [0.29, 0.717) is 12.2 Å². The van der Waals surface area contributed by atoms with Crippen molar-refractivity contribution in [3.63, 3.8) is 0 Å². The fourth-order valence-corrected chi connectivity index (χ4v) is 2.95. The van der Waals surface area contributed by atoms with Gasteiger partial charge in [0, 0.05) is 30.9 Å². The van der Waals surface area contributed by atoms with Gasteiger partial charge < -0.3 is 9.88 Å². The van der Waals surface area contributed by atoms with E-state index in [4.69, 9.17) is 0 Å². The number of imidazole rings is 1. The maximum atomic E-state index is 12.4. The van der Waals surface area contributed by atoms with Crippen molar-refractivity contribution in [1.29, 1.82) is 0 Å². The van der Waals surface area contributed by atoms with Crippen LogP contribution < -0.4 is 5.32 Å². The molecule has 0 bridgehead atoms. The number of ketones is 1. The molecule has 1 N–H and O–H groups in total. The number of Topliss-reactive ketones (excluding diaryl/α,β-unsaturated/α-hetero) is 1. The van der Waals surface area contributed by atoms with Gasteiger partial charge in [0.15, 0.2) is 11.6 Å². The number of rotatable bonds is 5. The molecule has 0 unspecified atom stereocenters. The van der Waals surface area contributed by atoms with Crippen LogP contribution in [0.2, 0.25) is 0 Å². The van der Waals surface area contributed by atoms with E-state index in [1.54, 1.807) is 6.20 Å². The predicted molar refractivity (Wildman–Crippen MR) is 71.7 cm³/mol. The summed E-state index contributed by atoms with van der Waals surface area (Å²) >= 11 is 0. The van der Waals surface area contributed by atoms with Crippen molar-refractivity contribution in [3.8, 4) is 0 Å². The van der Waals surface area contributed by atoms with Crippen molar-refractivity contribution >= 4 is 5.78 Å². The summed E-state index contributed by atoms with van der Waals surface area (Å²) in [7, 11) is 1.98. The van der Waals surface area contributed by atoms with Gasteiger partial charge in [-0.2, -0.15) is 0 Å². The minimum absolute atomic E-state index is 0.000144. The second kappa shape index (κ2) is 5.65. The largest absolute Gasteiger partial charge is 0.329 e. The molecule has 0 spiro atoms. The minimum atomic E-state index is -0.000144. The predicted octanol–water partition coefficient (Wildman–Crippen LogP) is 2.40. The number of hydrogen-bond donors (Lipinski definition) is 1. The zero-order chi connectivity index (χ0) is 13.0. The molecular formula is C14H23N3O. The number of aromatic nitrogens is 2. The topological polar surface area (TPSA) is 46.9 Å². The Bertz CT molecular complexity index is 405. The number of hydrogen-bond acceptors (Lipinski definition) is 3. The average molecular weight is 249 g/mol. The van der Waals surface area contributed by atoms with Crippen molar-refractivity contribution in [2.75, 3.05) is 7.05 Å². The third kappa shape index (κ3) is 2.64. The van der Waals surface area contributed by atoms with Crippen LogP contribution in [0.1, 0.15) is 56.1 Å². The molecule has 4 nitrogen and oxygen atoms in total. The maximum absolute atomic E-state index is 12.4.